The third-order valence-electron chi connectivity index (χ3n) is 8.50. The van der Waals surface area contributed by atoms with Crippen molar-refractivity contribution in [2.45, 2.75) is 79.1 Å². The van der Waals surface area contributed by atoms with Crippen LogP contribution in [0.1, 0.15) is 95.8 Å². The first kappa shape index (κ1) is 34.5. The molecule has 0 bridgehead atoms. The second-order valence-electron chi connectivity index (χ2n) is 12.0. The zero-order chi connectivity index (χ0) is 32.9. The normalized spacial score (nSPS) is 14.5. The number of nitrogens with zero attached hydrogens (tertiary/aromatic N) is 3. The summed E-state index contributed by atoms with van der Waals surface area (Å²) in [6.07, 6.45) is 8.99. The summed E-state index contributed by atoms with van der Waals surface area (Å²) < 4.78 is 12.1. The number of ether oxygens (including phenoxy) is 2. The van der Waals surface area contributed by atoms with E-state index in [0.29, 0.717) is 70.6 Å². The van der Waals surface area contributed by atoms with Crippen molar-refractivity contribution in [2.75, 3.05) is 19.8 Å². The van der Waals surface area contributed by atoms with Crippen molar-refractivity contribution in [3.63, 3.8) is 0 Å². The fourth-order valence-electron chi connectivity index (χ4n) is 5.36. The summed E-state index contributed by atoms with van der Waals surface area (Å²) in [6, 6.07) is 17.0. The lowest BCUT2D eigenvalue weighted by atomic mass is 10.0. The molecule has 3 aromatic carbocycles. The Balaban J connectivity index is 1.59. The van der Waals surface area contributed by atoms with E-state index in [9.17, 15) is 15.3 Å². The van der Waals surface area contributed by atoms with Gasteiger partial charge in [0, 0.05) is 23.3 Å². The maximum absolute atomic E-state index is 11.1. The van der Waals surface area contributed by atoms with E-state index in [-0.39, 0.29) is 23.8 Å². The van der Waals surface area contributed by atoms with Crippen LogP contribution in [0.15, 0.2) is 75.6 Å². The second kappa shape index (κ2) is 17.4. The molecule has 3 aromatic rings. The molecule has 46 heavy (non-hydrogen) atoms. The molecule has 246 valence electrons. The Hall–Kier alpha value is -4.33. The highest BCUT2D eigenvalue weighted by Crippen LogP contribution is 2.29. The Morgan fingerprint density at radius 1 is 0.652 bits per heavy atom. The largest absolute Gasteiger partial charge is 0.508 e. The quantitative estimate of drug-likeness (QED) is 0.138. The molecule has 2 atom stereocenters. The molecule has 1 heterocycles. The summed E-state index contributed by atoms with van der Waals surface area (Å²) in [7, 11) is 0. The zero-order valence-electron chi connectivity index (χ0n) is 27.7. The Labute approximate surface area is 273 Å². The molecule has 0 aliphatic carbocycles. The predicted octanol–water partition coefficient (Wildman–Crippen LogP) is 8.69. The third-order valence-corrected chi connectivity index (χ3v) is 8.50. The SMILES string of the molecule is CCCCC(CC)COc1ccc(C2=NC(c3ccc(O)cc3)=NC(c3ccc(OCC(CC)CCCC)cc3O)=NC2)c(O)c1. The summed E-state index contributed by atoms with van der Waals surface area (Å²) in [6.45, 7) is 10.1. The number of aliphatic imine (C=N–C) groups is 3. The minimum atomic E-state index is 0.00350. The van der Waals surface area contributed by atoms with Crippen LogP contribution < -0.4 is 9.47 Å². The van der Waals surface area contributed by atoms with Gasteiger partial charge in [0.1, 0.15) is 28.7 Å². The average Bonchev–Trinajstić information content (AvgIpc) is 3.28. The molecule has 0 amide bonds. The van der Waals surface area contributed by atoms with Crippen molar-refractivity contribution in [3.05, 3.63) is 77.4 Å². The standard InChI is InChI=1S/C38H49N3O5/c1-5-9-11-26(7-3)24-45-30-17-19-32(35(43)21-30)34-23-39-38(41-37(40-34)28-13-15-29(42)16-14-28)33-20-18-31(22-36(33)44)46-25-27(8-4)12-10-6-2/h13-22,26-27,42-44H,5-12,23-25H2,1-4H3. The average molecular weight is 628 g/mol. The molecule has 3 N–H and O–H groups in total. The molecule has 0 fully saturated rings. The highest BCUT2D eigenvalue weighted by Gasteiger charge is 2.20. The van der Waals surface area contributed by atoms with Crippen LogP contribution in [0.4, 0.5) is 0 Å². The van der Waals surface area contributed by atoms with Crippen molar-refractivity contribution in [1.29, 1.82) is 0 Å². The van der Waals surface area contributed by atoms with Crippen LogP contribution in [0.25, 0.3) is 0 Å². The van der Waals surface area contributed by atoms with Crippen LogP contribution >= 0.6 is 0 Å². The van der Waals surface area contributed by atoms with Gasteiger partial charge in [0.05, 0.1) is 31.0 Å². The van der Waals surface area contributed by atoms with Crippen LogP contribution in [-0.4, -0.2) is 52.5 Å². The number of benzene rings is 3. The van der Waals surface area contributed by atoms with Gasteiger partial charge in [0.2, 0.25) is 0 Å². The molecule has 2 unspecified atom stereocenters. The van der Waals surface area contributed by atoms with Gasteiger partial charge in [-0.15, -0.1) is 0 Å². The van der Waals surface area contributed by atoms with Crippen molar-refractivity contribution >= 4 is 17.4 Å². The van der Waals surface area contributed by atoms with E-state index in [4.69, 9.17) is 24.5 Å². The molecule has 1 aliphatic heterocycles. The van der Waals surface area contributed by atoms with E-state index >= 15 is 0 Å². The van der Waals surface area contributed by atoms with Gasteiger partial charge >= 0.3 is 0 Å². The number of hydrogen-bond acceptors (Lipinski definition) is 8. The van der Waals surface area contributed by atoms with Crippen molar-refractivity contribution in [1.82, 2.24) is 0 Å². The molecule has 4 rings (SSSR count). The maximum atomic E-state index is 11.1. The molecular weight excluding hydrogens is 578 g/mol. The first-order chi connectivity index (χ1) is 22.3. The number of unbranched alkanes of at least 4 members (excludes halogenated alkanes) is 2. The number of aromatic hydroxyl groups is 3. The monoisotopic (exact) mass is 627 g/mol. The summed E-state index contributed by atoms with van der Waals surface area (Å²) >= 11 is 0. The van der Waals surface area contributed by atoms with Gasteiger partial charge in [-0.05, 0) is 73.2 Å². The van der Waals surface area contributed by atoms with E-state index in [0.717, 1.165) is 38.5 Å². The number of hydrogen-bond donors (Lipinski definition) is 3. The number of phenolic OH excluding ortho intramolecular Hbond substituents is 3. The fraction of sp³-hybridized carbons (Fsp3) is 0.447. The van der Waals surface area contributed by atoms with Crippen LogP contribution in [-0.2, 0) is 0 Å². The predicted molar refractivity (Wildman–Crippen MR) is 186 cm³/mol. The summed E-state index contributed by atoms with van der Waals surface area (Å²) in [4.78, 5) is 14.3. The minimum absolute atomic E-state index is 0.00350. The molecule has 0 spiro atoms. The van der Waals surface area contributed by atoms with Gasteiger partial charge < -0.3 is 24.8 Å². The van der Waals surface area contributed by atoms with Crippen molar-refractivity contribution in [2.24, 2.45) is 26.8 Å². The summed E-state index contributed by atoms with van der Waals surface area (Å²) in [5.74, 6) is 2.94. The van der Waals surface area contributed by atoms with Crippen molar-refractivity contribution in [3.8, 4) is 28.7 Å². The van der Waals surface area contributed by atoms with Gasteiger partial charge in [0.15, 0.2) is 11.7 Å². The zero-order valence-corrected chi connectivity index (χ0v) is 27.7. The summed E-state index contributed by atoms with van der Waals surface area (Å²) in [5, 5.41) is 32.0. The molecule has 8 nitrogen and oxygen atoms in total. The van der Waals surface area contributed by atoms with Crippen molar-refractivity contribution < 1.29 is 24.8 Å². The summed E-state index contributed by atoms with van der Waals surface area (Å²) in [5.41, 5.74) is 2.12. The van der Waals surface area contributed by atoms with Gasteiger partial charge in [-0.1, -0.05) is 66.2 Å². The molecule has 0 saturated heterocycles. The van der Waals surface area contributed by atoms with Crippen LogP contribution in [0.5, 0.6) is 28.7 Å². The van der Waals surface area contributed by atoms with E-state index in [1.54, 1.807) is 48.5 Å². The van der Waals surface area contributed by atoms with E-state index in [2.05, 4.69) is 27.7 Å². The Bertz CT molecular complexity index is 1510. The lowest BCUT2D eigenvalue weighted by Gasteiger charge is -2.16. The minimum Gasteiger partial charge on any atom is -0.508 e. The third kappa shape index (κ3) is 9.59. The smallest absolute Gasteiger partial charge is 0.161 e. The maximum Gasteiger partial charge on any atom is 0.161 e. The van der Waals surface area contributed by atoms with Gasteiger partial charge in [-0.3, -0.25) is 4.99 Å². The molecule has 0 radical (unpaired) electrons. The number of phenols is 3. The molecule has 8 heteroatoms. The Morgan fingerprint density at radius 2 is 1.20 bits per heavy atom. The van der Waals surface area contributed by atoms with Gasteiger partial charge in [-0.25, -0.2) is 9.98 Å². The van der Waals surface area contributed by atoms with E-state index in [1.165, 1.54) is 12.8 Å². The first-order valence-electron chi connectivity index (χ1n) is 16.8. The highest BCUT2D eigenvalue weighted by molar-refractivity contribution is 6.21. The molecular formula is C38H49N3O5. The lowest BCUT2D eigenvalue weighted by molar-refractivity contribution is 0.232. The van der Waals surface area contributed by atoms with E-state index in [1.807, 2.05) is 12.1 Å². The molecule has 0 saturated carbocycles. The number of amidine groups is 2. The fourth-order valence-corrected chi connectivity index (χ4v) is 5.36. The van der Waals surface area contributed by atoms with Gasteiger partial charge in [0.25, 0.3) is 0 Å². The van der Waals surface area contributed by atoms with Crippen LogP contribution in [0.3, 0.4) is 0 Å². The van der Waals surface area contributed by atoms with Crippen LogP contribution in [0, 0.1) is 11.8 Å². The Morgan fingerprint density at radius 3 is 1.70 bits per heavy atom. The highest BCUT2D eigenvalue weighted by atomic mass is 16.5. The second-order valence-corrected chi connectivity index (χ2v) is 12.0. The first-order valence-corrected chi connectivity index (χ1v) is 16.8. The Kier molecular flexibility index (Phi) is 13.1. The van der Waals surface area contributed by atoms with E-state index < -0.39 is 0 Å². The molecule has 0 aromatic heterocycles. The lowest BCUT2D eigenvalue weighted by Crippen LogP contribution is -2.12. The molecule has 1 aliphatic rings. The topological polar surface area (TPSA) is 116 Å². The van der Waals surface area contributed by atoms with Gasteiger partial charge in [-0.2, -0.15) is 0 Å². The number of rotatable bonds is 17. The van der Waals surface area contributed by atoms with Crippen LogP contribution in [0.2, 0.25) is 0 Å².